The molecule has 1 aliphatic rings. The SMILES string of the molecule is CN1C(=Cc2cc[n+](CCCCS(=O)(=O)[O-])c3ccccc23)Sc2ccccc21. The summed E-state index contributed by atoms with van der Waals surface area (Å²) in [5.74, 6) is -0.306. The number of benzene rings is 2. The molecule has 0 saturated carbocycles. The Morgan fingerprint density at radius 2 is 1.83 bits per heavy atom. The van der Waals surface area contributed by atoms with Crippen LogP contribution in [-0.2, 0) is 16.7 Å². The van der Waals surface area contributed by atoms with E-state index in [2.05, 4.69) is 65.1 Å². The first-order valence-corrected chi connectivity index (χ1v) is 11.9. The fourth-order valence-corrected chi connectivity index (χ4v) is 5.23. The van der Waals surface area contributed by atoms with Gasteiger partial charge < -0.3 is 9.45 Å². The van der Waals surface area contributed by atoms with Gasteiger partial charge in [-0.3, -0.25) is 0 Å². The summed E-state index contributed by atoms with van der Waals surface area (Å²) >= 11 is 1.76. The van der Waals surface area contributed by atoms with E-state index in [9.17, 15) is 13.0 Å². The average Bonchev–Trinajstić information content (AvgIpc) is 3.01. The first-order valence-electron chi connectivity index (χ1n) is 9.49. The average molecular weight is 427 g/mol. The quantitative estimate of drug-likeness (QED) is 0.339. The molecule has 150 valence electrons. The molecule has 5 nitrogen and oxygen atoms in total. The van der Waals surface area contributed by atoms with E-state index in [0.29, 0.717) is 19.4 Å². The molecule has 2 heterocycles. The highest BCUT2D eigenvalue weighted by atomic mass is 32.2. The fraction of sp³-hybridized carbons (Fsp3) is 0.227. The number of pyridine rings is 1. The van der Waals surface area contributed by atoms with Crippen molar-refractivity contribution in [2.24, 2.45) is 0 Å². The van der Waals surface area contributed by atoms with Crippen molar-refractivity contribution in [1.82, 2.24) is 0 Å². The number of aromatic nitrogens is 1. The van der Waals surface area contributed by atoms with Crippen molar-refractivity contribution < 1.29 is 17.5 Å². The molecule has 0 N–H and O–H groups in total. The Morgan fingerprint density at radius 1 is 1.07 bits per heavy atom. The third-order valence-corrected chi connectivity index (χ3v) is 7.01. The number of aryl methyl sites for hydroxylation is 1. The smallest absolute Gasteiger partial charge is 0.213 e. The first-order chi connectivity index (χ1) is 13.9. The van der Waals surface area contributed by atoms with Crippen LogP contribution in [0.3, 0.4) is 0 Å². The van der Waals surface area contributed by atoms with Crippen molar-refractivity contribution in [3.8, 4) is 0 Å². The zero-order chi connectivity index (χ0) is 20.4. The normalized spacial score (nSPS) is 15.2. The van der Waals surface area contributed by atoms with E-state index < -0.39 is 10.1 Å². The van der Waals surface area contributed by atoms with Gasteiger partial charge >= 0.3 is 0 Å². The highest BCUT2D eigenvalue weighted by Gasteiger charge is 2.22. The predicted molar refractivity (Wildman–Crippen MR) is 117 cm³/mol. The standard InChI is InChI=1S/C22H22N2O3S2/c1-23-20-10-4-5-11-21(20)28-22(23)16-17-12-14-24(13-6-7-15-29(25,26)27)19-9-3-2-8-18(17)19/h2-5,8-12,14,16H,6-7,13,15H2,1H3. The summed E-state index contributed by atoms with van der Waals surface area (Å²) in [5.41, 5.74) is 3.45. The van der Waals surface area contributed by atoms with Gasteiger partial charge in [-0.05, 0) is 36.3 Å². The van der Waals surface area contributed by atoms with E-state index in [1.54, 1.807) is 11.8 Å². The summed E-state index contributed by atoms with van der Waals surface area (Å²) in [6.45, 7) is 0.674. The number of para-hydroxylation sites is 2. The second kappa shape index (κ2) is 8.18. The van der Waals surface area contributed by atoms with Gasteiger partial charge in [0.25, 0.3) is 0 Å². The van der Waals surface area contributed by atoms with Crippen LogP contribution in [0.4, 0.5) is 5.69 Å². The number of nitrogens with zero attached hydrogens (tertiary/aromatic N) is 2. The highest BCUT2D eigenvalue weighted by Crippen LogP contribution is 2.45. The van der Waals surface area contributed by atoms with Crippen molar-refractivity contribution in [2.45, 2.75) is 24.3 Å². The lowest BCUT2D eigenvalue weighted by atomic mass is 10.1. The van der Waals surface area contributed by atoms with Crippen molar-refractivity contribution in [2.75, 3.05) is 17.7 Å². The monoisotopic (exact) mass is 426 g/mol. The minimum atomic E-state index is -4.14. The number of rotatable bonds is 6. The minimum Gasteiger partial charge on any atom is -0.748 e. The summed E-state index contributed by atoms with van der Waals surface area (Å²) in [7, 11) is -2.06. The van der Waals surface area contributed by atoms with Gasteiger partial charge in [-0.1, -0.05) is 36.0 Å². The van der Waals surface area contributed by atoms with Crippen molar-refractivity contribution in [1.29, 1.82) is 0 Å². The van der Waals surface area contributed by atoms with E-state index in [4.69, 9.17) is 0 Å². The molecular formula is C22H22N2O3S2. The number of anilines is 1. The third kappa shape index (κ3) is 4.47. The summed E-state index contributed by atoms with van der Waals surface area (Å²) in [6, 6.07) is 18.7. The van der Waals surface area contributed by atoms with Gasteiger partial charge in [0, 0.05) is 36.2 Å². The van der Waals surface area contributed by atoms with Gasteiger partial charge in [-0.25, -0.2) is 8.42 Å². The maximum absolute atomic E-state index is 10.8. The maximum Gasteiger partial charge on any atom is 0.213 e. The zero-order valence-electron chi connectivity index (χ0n) is 16.1. The van der Waals surface area contributed by atoms with Gasteiger partial charge in [0.2, 0.25) is 5.52 Å². The molecule has 4 rings (SSSR count). The number of hydrogen-bond acceptors (Lipinski definition) is 5. The van der Waals surface area contributed by atoms with Gasteiger partial charge in [0.1, 0.15) is 6.54 Å². The number of hydrogen-bond donors (Lipinski definition) is 0. The van der Waals surface area contributed by atoms with E-state index in [-0.39, 0.29) is 5.75 Å². The Morgan fingerprint density at radius 3 is 2.62 bits per heavy atom. The second-order valence-electron chi connectivity index (χ2n) is 7.06. The lowest BCUT2D eigenvalue weighted by molar-refractivity contribution is -0.671. The van der Waals surface area contributed by atoms with Crippen molar-refractivity contribution in [3.05, 3.63) is 71.4 Å². The van der Waals surface area contributed by atoms with E-state index >= 15 is 0 Å². The third-order valence-electron chi connectivity index (χ3n) is 5.05. The summed E-state index contributed by atoms with van der Waals surface area (Å²) in [6.07, 6.45) is 5.26. The molecule has 1 aromatic heterocycles. The summed E-state index contributed by atoms with van der Waals surface area (Å²) < 4.78 is 34.5. The molecular weight excluding hydrogens is 404 g/mol. The second-order valence-corrected chi connectivity index (χ2v) is 9.65. The van der Waals surface area contributed by atoms with Crippen LogP contribution in [0.1, 0.15) is 18.4 Å². The first kappa shape index (κ1) is 19.9. The Hall–Kier alpha value is -2.35. The highest BCUT2D eigenvalue weighted by molar-refractivity contribution is 8.03. The van der Waals surface area contributed by atoms with Crippen LogP contribution >= 0.6 is 11.8 Å². The molecule has 29 heavy (non-hydrogen) atoms. The fourth-order valence-electron chi connectivity index (χ4n) is 3.57. The van der Waals surface area contributed by atoms with Gasteiger partial charge in [-0.2, -0.15) is 4.57 Å². The van der Waals surface area contributed by atoms with Crippen LogP contribution in [0.15, 0.2) is 70.7 Å². The molecule has 3 aromatic rings. The Bertz CT molecular complexity index is 1190. The van der Waals surface area contributed by atoms with Gasteiger partial charge in [0.05, 0.1) is 26.2 Å². The Balaban J connectivity index is 1.61. The Labute approximate surface area is 175 Å². The van der Waals surface area contributed by atoms with Crippen LogP contribution in [0.2, 0.25) is 0 Å². The van der Waals surface area contributed by atoms with Crippen molar-refractivity contribution in [3.63, 3.8) is 0 Å². The van der Waals surface area contributed by atoms with Crippen molar-refractivity contribution >= 4 is 44.5 Å². The summed E-state index contributed by atoms with van der Waals surface area (Å²) in [4.78, 5) is 3.46. The van der Waals surface area contributed by atoms with Crippen LogP contribution in [0.5, 0.6) is 0 Å². The molecule has 0 atom stereocenters. The molecule has 1 aliphatic heterocycles. The lowest BCUT2D eigenvalue weighted by Gasteiger charge is -2.13. The zero-order valence-corrected chi connectivity index (χ0v) is 17.7. The lowest BCUT2D eigenvalue weighted by Crippen LogP contribution is -2.34. The molecule has 0 aliphatic carbocycles. The molecule has 0 radical (unpaired) electrons. The molecule has 7 heteroatoms. The minimum absolute atomic E-state index is 0.306. The molecule has 2 aromatic carbocycles. The Kier molecular flexibility index (Phi) is 5.63. The number of unbranched alkanes of at least 4 members (excludes halogenated alkanes) is 1. The number of thioether (sulfide) groups is 1. The van der Waals surface area contributed by atoms with Crippen LogP contribution < -0.4 is 9.47 Å². The van der Waals surface area contributed by atoms with Gasteiger partial charge in [0.15, 0.2) is 6.20 Å². The number of fused-ring (bicyclic) bond motifs is 2. The molecule has 0 bridgehead atoms. The molecule has 0 unspecified atom stereocenters. The molecule has 0 amide bonds. The molecule has 0 saturated heterocycles. The molecule has 0 spiro atoms. The van der Waals surface area contributed by atoms with Gasteiger partial charge in [-0.15, -0.1) is 0 Å². The van der Waals surface area contributed by atoms with E-state index in [1.165, 1.54) is 15.6 Å². The predicted octanol–water partition coefficient (Wildman–Crippen LogP) is 3.99. The van der Waals surface area contributed by atoms with E-state index in [0.717, 1.165) is 16.5 Å². The largest absolute Gasteiger partial charge is 0.748 e. The maximum atomic E-state index is 10.8. The van der Waals surface area contributed by atoms with Crippen LogP contribution in [0, 0.1) is 0 Å². The van der Waals surface area contributed by atoms with Crippen LogP contribution in [0.25, 0.3) is 17.0 Å². The topological polar surface area (TPSA) is 64.3 Å². The molecule has 0 fully saturated rings. The summed E-state index contributed by atoms with van der Waals surface area (Å²) in [5, 5.41) is 2.32. The van der Waals surface area contributed by atoms with Crippen LogP contribution in [-0.4, -0.2) is 25.8 Å². The van der Waals surface area contributed by atoms with E-state index in [1.807, 2.05) is 18.3 Å².